The highest BCUT2D eigenvalue weighted by Crippen LogP contribution is 2.31. The highest BCUT2D eigenvalue weighted by Gasteiger charge is 2.37. The molecule has 0 bridgehead atoms. The lowest BCUT2D eigenvalue weighted by atomic mass is 10.1. The fourth-order valence-corrected chi connectivity index (χ4v) is 4.78. The average molecular weight is 289 g/mol. The lowest BCUT2D eigenvalue weighted by molar-refractivity contribution is 0.228. The van der Waals surface area contributed by atoms with Crippen LogP contribution in [0, 0.1) is 5.92 Å². The van der Waals surface area contributed by atoms with E-state index in [4.69, 9.17) is 0 Å². The molecular weight excluding hydrogens is 262 g/mol. The molecule has 2 aliphatic rings. The minimum Gasteiger partial charge on any atom is -0.318 e. The van der Waals surface area contributed by atoms with Gasteiger partial charge in [0.1, 0.15) is 0 Å². The molecule has 2 fully saturated rings. The second-order valence-corrected chi connectivity index (χ2v) is 7.60. The van der Waals surface area contributed by atoms with E-state index in [1.807, 2.05) is 14.0 Å². The molecule has 19 heavy (non-hydrogen) atoms. The number of piperidine rings is 1. The van der Waals surface area contributed by atoms with Crippen molar-refractivity contribution in [2.24, 2.45) is 5.92 Å². The summed E-state index contributed by atoms with van der Waals surface area (Å²) in [6.45, 7) is 4.66. The number of hydrogen-bond donors (Lipinski definition) is 1. The smallest absolute Gasteiger partial charge is 0.282 e. The summed E-state index contributed by atoms with van der Waals surface area (Å²) in [6, 6.07) is 0.122. The topological polar surface area (TPSA) is 52.7 Å². The van der Waals surface area contributed by atoms with Gasteiger partial charge in [-0.3, -0.25) is 0 Å². The Morgan fingerprint density at radius 2 is 2.00 bits per heavy atom. The van der Waals surface area contributed by atoms with Crippen LogP contribution in [0.3, 0.4) is 0 Å². The molecule has 1 saturated heterocycles. The van der Waals surface area contributed by atoms with Crippen LogP contribution in [-0.2, 0) is 10.2 Å². The van der Waals surface area contributed by atoms with Gasteiger partial charge in [-0.15, -0.1) is 0 Å². The SMILES string of the molecule is CCN(CC1CC1)S(=O)(=O)N1CCCCC1CNC. The molecular formula is C13H27N3O2S. The number of hydrogen-bond acceptors (Lipinski definition) is 3. The second kappa shape index (κ2) is 6.52. The predicted molar refractivity (Wildman–Crippen MR) is 77.2 cm³/mol. The monoisotopic (exact) mass is 289 g/mol. The third-order valence-electron chi connectivity index (χ3n) is 4.15. The normalized spacial score (nSPS) is 25.9. The zero-order valence-corrected chi connectivity index (χ0v) is 13.0. The second-order valence-electron chi connectivity index (χ2n) is 5.72. The van der Waals surface area contributed by atoms with Gasteiger partial charge >= 0.3 is 0 Å². The molecule has 6 heteroatoms. The van der Waals surface area contributed by atoms with E-state index in [1.165, 1.54) is 12.8 Å². The Morgan fingerprint density at radius 3 is 2.58 bits per heavy atom. The van der Waals surface area contributed by atoms with Crippen LogP contribution in [0.25, 0.3) is 0 Å². The van der Waals surface area contributed by atoms with Crippen molar-refractivity contribution in [3.05, 3.63) is 0 Å². The van der Waals surface area contributed by atoms with E-state index in [1.54, 1.807) is 8.61 Å². The van der Waals surface area contributed by atoms with Gasteiger partial charge in [0, 0.05) is 32.2 Å². The van der Waals surface area contributed by atoms with Crippen molar-refractivity contribution in [2.75, 3.05) is 33.2 Å². The van der Waals surface area contributed by atoms with Crippen LogP contribution in [0.4, 0.5) is 0 Å². The first-order valence-electron chi connectivity index (χ1n) is 7.51. The molecule has 0 aromatic carbocycles. The minimum absolute atomic E-state index is 0.122. The van der Waals surface area contributed by atoms with Gasteiger partial charge in [-0.1, -0.05) is 13.3 Å². The van der Waals surface area contributed by atoms with Crippen molar-refractivity contribution in [1.29, 1.82) is 0 Å². The number of likely N-dealkylation sites (N-methyl/N-ethyl adjacent to an activating group) is 1. The molecule has 2 rings (SSSR count). The van der Waals surface area contributed by atoms with Crippen LogP contribution < -0.4 is 5.32 Å². The van der Waals surface area contributed by atoms with Gasteiger partial charge in [-0.05, 0) is 38.6 Å². The summed E-state index contributed by atoms with van der Waals surface area (Å²) in [5.41, 5.74) is 0. The molecule has 1 saturated carbocycles. The Kier molecular flexibility index (Phi) is 5.22. The fourth-order valence-electron chi connectivity index (χ4n) is 2.84. The predicted octanol–water partition coefficient (Wildman–Crippen LogP) is 1.04. The van der Waals surface area contributed by atoms with Gasteiger partial charge in [-0.25, -0.2) is 0 Å². The minimum atomic E-state index is -3.27. The van der Waals surface area contributed by atoms with Crippen molar-refractivity contribution in [1.82, 2.24) is 13.9 Å². The van der Waals surface area contributed by atoms with Crippen LogP contribution >= 0.6 is 0 Å². The first kappa shape index (κ1) is 15.2. The lowest BCUT2D eigenvalue weighted by Crippen LogP contribution is -2.53. The standard InChI is InChI=1S/C13H27N3O2S/c1-3-15(11-12-7-8-12)19(17,18)16-9-5-4-6-13(16)10-14-2/h12-14H,3-11H2,1-2H3. The average Bonchev–Trinajstić information content (AvgIpc) is 3.20. The zero-order valence-electron chi connectivity index (χ0n) is 12.1. The Bertz CT molecular complexity index is 379. The third kappa shape index (κ3) is 3.68. The molecule has 1 heterocycles. The summed E-state index contributed by atoms with van der Waals surface area (Å²) in [4.78, 5) is 0. The van der Waals surface area contributed by atoms with Crippen molar-refractivity contribution in [3.63, 3.8) is 0 Å². The molecule has 1 atom stereocenters. The van der Waals surface area contributed by atoms with Crippen molar-refractivity contribution >= 4 is 10.2 Å². The molecule has 0 radical (unpaired) electrons. The maximum atomic E-state index is 12.8. The molecule has 5 nitrogen and oxygen atoms in total. The first-order valence-corrected chi connectivity index (χ1v) is 8.90. The summed E-state index contributed by atoms with van der Waals surface area (Å²) >= 11 is 0. The maximum absolute atomic E-state index is 12.8. The van der Waals surface area contributed by atoms with Crippen LogP contribution in [0.1, 0.15) is 39.0 Å². The molecule has 1 aliphatic heterocycles. The summed E-state index contributed by atoms with van der Waals surface area (Å²) < 4.78 is 29.0. The van der Waals surface area contributed by atoms with E-state index in [2.05, 4.69) is 5.32 Å². The Hall–Kier alpha value is -0.170. The van der Waals surface area contributed by atoms with E-state index in [0.29, 0.717) is 25.6 Å². The van der Waals surface area contributed by atoms with E-state index in [9.17, 15) is 8.42 Å². The van der Waals surface area contributed by atoms with E-state index < -0.39 is 10.2 Å². The summed E-state index contributed by atoms with van der Waals surface area (Å²) in [6.07, 6.45) is 5.46. The lowest BCUT2D eigenvalue weighted by Gasteiger charge is -2.37. The van der Waals surface area contributed by atoms with Gasteiger partial charge in [-0.2, -0.15) is 17.0 Å². The molecule has 1 aliphatic carbocycles. The van der Waals surface area contributed by atoms with Gasteiger partial charge < -0.3 is 5.32 Å². The Labute approximate surface area is 117 Å². The maximum Gasteiger partial charge on any atom is 0.282 e. The fraction of sp³-hybridized carbons (Fsp3) is 1.00. The molecule has 0 spiro atoms. The van der Waals surface area contributed by atoms with Crippen molar-refractivity contribution in [2.45, 2.75) is 45.1 Å². The van der Waals surface area contributed by atoms with E-state index in [-0.39, 0.29) is 6.04 Å². The van der Waals surface area contributed by atoms with Gasteiger partial charge in [0.15, 0.2) is 0 Å². The van der Waals surface area contributed by atoms with Crippen LogP contribution in [0.15, 0.2) is 0 Å². The molecule has 112 valence electrons. The summed E-state index contributed by atoms with van der Waals surface area (Å²) in [5.74, 6) is 0.599. The molecule has 1 unspecified atom stereocenters. The molecule has 1 N–H and O–H groups in total. The number of nitrogens with one attached hydrogen (secondary N) is 1. The largest absolute Gasteiger partial charge is 0.318 e. The van der Waals surface area contributed by atoms with Crippen LogP contribution in [-0.4, -0.2) is 56.3 Å². The number of rotatable bonds is 7. The van der Waals surface area contributed by atoms with Crippen LogP contribution in [0.2, 0.25) is 0 Å². The number of nitrogens with zero attached hydrogens (tertiary/aromatic N) is 2. The van der Waals surface area contributed by atoms with E-state index in [0.717, 1.165) is 25.8 Å². The Balaban J connectivity index is 2.09. The summed E-state index contributed by atoms with van der Waals surface area (Å²) in [7, 11) is -1.38. The zero-order chi connectivity index (χ0) is 13.9. The van der Waals surface area contributed by atoms with Gasteiger partial charge in [0.2, 0.25) is 0 Å². The van der Waals surface area contributed by atoms with Crippen LogP contribution in [0.5, 0.6) is 0 Å². The third-order valence-corrected chi connectivity index (χ3v) is 6.28. The highest BCUT2D eigenvalue weighted by atomic mass is 32.2. The van der Waals surface area contributed by atoms with E-state index >= 15 is 0 Å². The highest BCUT2D eigenvalue weighted by molar-refractivity contribution is 7.86. The van der Waals surface area contributed by atoms with Crippen molar-refractivity contribution < 1.29 is 8.42 Å². The molecule has 0 aromatic heterocycles. The quantitative estimate of drug-likeness (QED) is 0.762. The Morgan fingerprint density at radius 1 is 1.26 bits per heavy atom. The van der Waals surface area contributed by atoms with Gasteiger partial charge in [0.05, 0.1) is 0 Å². The first-order chi connectivity index (χ1) is 9.09. The van der Waals surface area contributed by atoms with Crippen molar-refractivity contribution in [3.8, 4) is 0 Å². The summed E-state index contributed by atoms with van der Waals surface area (Å²) in [5, 5.41) is 3.12. The molecule has 0 amide bonds. The van der Waals surface area contributed by atoms with Gasteiger partial charge in [0.25, 0.3) is 10.2 Å². The molecule has 0 aromatic rings.